The monoisotopic (exact) mass is 278 g/mol. The van der Waals surface area contributed by atoms with E-state index in [9.17, 15) is 4.79 Å². The summed E-state index contributed by atoms with van der Waals surface area (Å²) < 4.78 is 0. The van der Waals surface area contributed by atoms with Crippen LogP contribution in [0.25, 0.3) is 0 Å². The minimum atomic E-state index is -0.578. The van der Waals surface area contributed by atoms with Crippen molar-refractivity contribution in [1.29, 1.82) is 0 Å². The number of nitrogens with zero attached hydrogens (tertiary/aromatic N) is 2. The van der Waals surface area contributed by atoms with E-state index in [2.05, 4.69) is 15.3 Å². The summed E-state index contributed by atoms with van der Waals surface area (Å²) in [5.41, 5.74) is 5.12. The van der Waals surface area contributed by atoms with E-state index in [1.807, 2.05) is 0 Å². The van der Waals surface area contributed by atoms with Crippen molar-refractivity contribution in [2.75, 3.05) is 5.75 Å². The number of hydrogen-bond acceptors (Lipinski definition) is 5. The van der Waals surface area contributed by atoms with Gasteiger partial charge in [-0.05, 0) is 37.7 Å². The van der Waals surface area contributed by atoms with Crippen molar-refractivity contribution < 1.29 is 4.79 Å². The van der Waals surface area contributed by atoms with E-state index in [4.69, 9.17) is 5.73 Å². The number of carbonyl (C=O) groups is 1. The third-order valence-electron chi connectivity index (χ3n) is 3.72. The number of rotatable bonds is 7. The molecule has 1 heterocycles. The fourth-order valence-corrected chi connectivity index (χ4v) is 3.42. The molecule has 0 aliphatic heterocycles. The van der Waals surface area contributed by atoms with Gasteiger partial charge in [-0.2, -0.15) is 0 Å². The molecule has 1 aromatic heterocycles. The molecule has 3 N–H and O–H groups in total. The summed E-state index contributed by atoms with van der Waals surface area (Å²) in [7, 11) is 0. The van der Waals surface area contributed by atoms with Crippen molar-refractivity contribution in [1.82, 2.24) is 15.3 Å². The van der Waals surface area contributed by atoms with Crippen molar-refractivity contribution in [3.8, 4) is 0 Å². The summed E-state index contributed by atoms with van der Waals surface area (Å²) in [6.07, 6.45) is 7.89. The number of primary amides is 1. The molecule has 5 nitrogen and oxygen atoms in total. The summed E-state index contributed by atoms with van der Waals surface area (Å²) >= 11 is 1.51. The van der Waals surface area contributed by atoms with Crippen LogP contribution in [-0.2, 0) is 4.79 Å². The summed E-state index contributed by atoms with van der Waals surface area (Å²) in [5.74, 6) is 0.764. The van der Waals surface area contributed by atoms with Gasteiger partial charge in [0.15, 0.2) is 5.16 Å². The molecule has 19 heavy (non-hydrogen) atoms. The van der Waals surface area contributed by atoms with Crippen LogP contribution in [0, 0.1) is 5.92 Å². The van der Waals surface area contributed by atoms with Crippen LogP contribution in [0.2, 0.25) is 0 Å². The van der Waals surface area contributed by atoms with Crippen molar-refractivity contribution >= 4 is 17.7 Å². The zero-order valence-electron chi connectivity index (χ0n) is 10.7. The van der Waals surface area contributed by atoms with Gasteiger partial charge in [-0.3, -0.25) is 10.1 Å². The van der Waals surface area contributed by atoms with Gasteiger partial charge in [0.25, 0.3) is 0 Å². The Morgan fingerprint density at radius 2 is 2.05 bits per heavy atom. The van der Waals surface area contributed by atoms with Gasteiger partial charge in [0, 0.05) is 24.2 Å². The first-order chi connectivity index (χ1) is 9.21. The van der Waals surface area contributed by atoms with Gasteiger partial charge in [0.05, 0.1) is 0 Å². The van der Waals surface area contributed by atoms with E-state index in [-0.39, 0.29) is 5.91 Å². The second-order valence-corrected chi connectivity index (χ2v) is 6.29. The molecule has 6 heteroatoms. The number of amides is 1. The molecule has 0 aromatic carbocycles. The van der Waals surface area contributed by atoms with E-state index in [1.54, 1.807) is 18.5 Å². The standard InChI is InChI=1S/C13H18N4OS/c14-11(18)13(9-2-3-9,17-10-4-5-10)8-19-12-15-6-1-7-16-12/h1,6-7,9-10,17H,2-5,8H2,(H2,14,18). The molecule has 1 unspecified atom stereocenters. The van der Waals surface area contributed by atoms with Crippen molar-refractivity contribution in [3.63, 3.8) is 0 Å². The van der Waals surface area contributed by atoms with E-state index in [1.165, 1.54) is 11.8 Å². The number of nitrogens with one attached hydrogen (secondary N) is 1. The second-order valence-electron chi connectivity index (χ2n) is 5.35. The molecule has 2 aliphatic rings. The Labute approximate surface area is 116 Å². The highest BCUT2D eigenvalue weighted by Gasteiger charge is 2.51. The molecule has 0 spiro atoms. The molecule has 0 bridgehead atoms. The maximum absolute atomic E-state index is 12.0. The predicted octanol–water partition coefficient (Wildman–Crippen LogP) is 0.955. The molecule has 3 rings (SSSR count). The first kappa shape index (κ1) is 12.9. The van der Waals surface area contributed by atoms with Crippen LogP contribution in [0.15, 0.2) is 23.6 Å². The fourth-order valence-electron chi connectivity index (χ4n) is 2.33. The molecular formula is C13H18N4OS. The quantitative estimate of drug-likeness (QED) is 0.573. The minimum Gasteiger partial charge on any atom is -0.368 e. The van der Waals surface area contributed by atoms with Gasteiger partial charge >= 0.3 is 0 Å². The average molecular weight is 278 g/mol. The topological polar surface area (TPSA) is 80.9 Å². The van der Waals surface area contributed by atoms with Crippen molar-refractivity contribution in [2.24, 2.45) is 11.7 Å². The highest BCUT2D eigenvalue weighted by atomic mass is 32.2. The van der Waals surface area contributed by atoms with Gasteiger partial charge in [-0.25, -0.2) is 9.97 Å². The lowest BCUT2D eigenvalue weighted by Gasteiger charge is -2.31. The molecule has 0 radical (unpaired) electrons. The SMILES string of the molecule is NC(=O)C(CSc1ncccn1)(NC1CC1)C1CC1. The molecule has 2 aliphatic carbocycles. The average Bonchev–Trinajstić information content (AvgIpc) is 3.28. The number of hydrogen-bond donors (Lipinski definition) is 2. The highest BCUT2D eigenvalue weighted by Crippen LogP contribution is 2.43. The van der Waals surface area contributed by atoms with Crippen LogP contribution in [0.5, 0.6) is 0 Å². The lowest BCUT2D eigenvalue weighted by molar-refractivity contribution is -0.124. The molecule has 1 atom stereocenters. The second kappa shape index (κ2) is 5.09. The smallest absolute Gasteiger partial charge is 0.238 e. The Morgan fingerprint density at radius 1 is 1.37 bits per heavy atom. The molecule has 0 saturated heterocycles. The molecule has 1 amide bonds. The number of thioether (sulfide) groups is 1. The maximum Gasteiger partial charge on any atom is 0.238 e. The van der Waals surface area contributed by atoms with E-state index < -0.39 is 5.54 Å². The molecule has 2 fully saturated rings. The summed E-state index contributed by atoms with van der Waals surface area (Å²) in [5, 5.41) is 4.19. The fraction of sp³-hybridized carbons (Fsp3) is 0.615. The molecule has 102 valence electrons. The molecule has 2 saturated carbocycles. The van der Waals surface area contributed by atoms with Crippen LogP contribution in [-0.4, -0.2) is 33.2 Å². The Morgan fingerprint density at radius 3 is 2.58 bits per heavy atom. The first-order valence-electron chi connectivity index (χ1n) is 6.68. The number of carbonyl (C=O) groups excluding carboxylic acids is 1. The summed E-state index contributed by atoms with van der Waals surface area (Å²) in [4.78, 5) is 20.4. The third-order valence-corrected chi connectivity index (χ3v) is 4.79. The van der Waals surface area contributed by atoms with Gasteiger partial charge in [0.1, 0.15) is 5.54 Å². The summed E-state index contributed by atoms with van der Waals surface area (Å²) in [6.45, 7) is 0. The van der Waals surface area contributed by atoms with E-state index >= 15 is 0 Å². The number of nitrogens with two attached hydrogens (primary N) is 1. The third kappa shape index (κ3) is 2.90. The zero-order valence-corrected chi connectivity index (χ0v) is 11.5. The summed E-state index contributed by atoms with van der Waals surface area (Å²) in [6, 6.07) is 2.25. The van der Waals surface area contributed by atoms with Gasteiger partial charge in [-0.1, -0.05) is 11.8 Å². The first-order valence-corrected chi connectivity index (χ1v) is 7.67. The Balaban J connectivity index is 1.72. The van der Waals surface area contributed by atoms with Crippen LogP contribution < -0.4 is 11.1 Å². The Kier molecular flexibility index (Phi) is 3.45. The minimum absolute atomic E-state index is 0.231. The Hall–Kier alpha value is -1.14. The molecule has 1 aromatic rings. The van der Waals surface area contributed by atoms with E-state index in [0.29, 0.717) is 22.9 Å². The lowest BCUT2D eigenvalue weighted by atomic mass is 9.94. The molecular weight excluding hydrogens is 260 g/mol. The maximum atomic E-state index is 12.0. The van der Waals surface area contributed by atoms with Crippen LogP contribution in [0.1, 0.15) is 25.7 Å². The lowest BCUT2D eigenvalue weighted by Crippen LogP contribution is -2.60. The Bertz CT molecular complexity index is 461. The van der Waals surface area contributed by atoms with Crippen molar-refractivity contribution in [2.45, 2.75) is 42.4 Å². The van der Waals surface area contributed by atoms with Crippen LogP contribution in [0.3, 0.4) is 0 Å². The zero-order chi connectivity index (χ0) is 13.3. The van der Waals surface area contributed by atoms with Crippen LogP contribution in [0.4, 0.5) is 0 Å². The highest BCUT2D eigenvalue weighted by molar-refractivity contribution is 7.99. The predicted molar refractivity (Wildman–Crippen MR) is 73.6 cm³/mol. The van der Waals surface area contributed by atoms with E-state index in [0.717, 1.165) is 25.7 Å². The number of aromatic nitrogens is 2. The normalized spacial score (nSPS) is 21.9. The largest absolute Gasteiger partial charge is 0.368 e. The van der Waals surface area contributed by atoms with Gasteiger partial charge in [0.2, 0.25) is 5.91 Å². The van der Waals surface area contributed by atoms with Gasteiger partial charge in [-0.15, -0.1) is 0 Å². The van der Waals surface area contributed by atoms with Gasteiger partial charge < -0.3 is 5.73 Å². The van der Waals surface area contributed by atoms with Crippen molar-refractivity contribution in [3.05, 3.63) is 18.5 Å². The van der Waals surface area contributed by atoms with Crippen LogP contribution >= 0.6 is 11.8 Å².